The van der Waals surface area contributed by atoms with E-state index in [0.29, 0.717) is 0 Å². The topological polar surface area (TPSA) is 87.2 Å². The molecule has 9 heteroatoms. The van der Waals surface area contributed by atoms with E-state index in [9.17, 15) is 0 Å². The molecule has 0 aromatic heterocycles. The number of hydrogen-bond acceptors (Lipinski definition) is 7. The van der Waals surface area contributed by atoms with Crippen LogP contribution in [-0.2, 0) is 0 Å². The molecule has 0 amide bonds. The van der Waals surface area contributed by atoms with Gasteiger partial charge in [-0.1, -0.05) is 41.5 Å². The summed E-state index contributed by atoms with van der Waals surface area (Å²) in [5, 5.41) is 22.9. The molecule has 0 aromatic rings. The van der Waals surface area contributed by atoms with E-state index in [1.54, 1.807) is 0 Å². The zero-order chi connectivity index (χ0) is 17.2. The summed E-state index contributed by atoms with van der Waals surface area (Å²) < 4.78 is 0. The van der Waals surface area contributed by atoms with Crippen LogP contribution in [0.25, 0.3) is 0 Å². The summed E-state index contributed by atoms with van der Waals surface area (Å²) >= 11 is 7.58. The smallest absolute Gasteiger partial charge is 0.652 e. The molecular weight excluding hydrogens is 562 g/mol. The standard InChI is InChI=1S/2C4H11N.2C2H6S.CH2O3.2Cs/c2*1-3-5-4-2;2*1-2-3;2-1(3)4;;/h2*5H,3-4H2,1-2H3;2*3H,2H2,1H3;(H2,2,3,4);;/q;;;;;2*+1/p-2. The molecule has 0 aliphatic carbocycles. The van der Waals surface area contributed by atoms with Gasteiger partial charge < -0.3 is 25.6 Å². The Morgan fingerprint density at radius 3 is 0.818 bits per heavy atom. The van der Waals surface area contributed by atoms with Gasteiger partial charge in [0.15, 0.2) is 0 Å². The second kappa shape index (κ2) is 64.0. The van der Waals surface area contributed by atoms with E-state index < -0.39 is 6.16 Å². The third kappa shape index (κ3) is 199. The van der Waals surface area contributed by atoms with Gasteiger partial charge in [0.2, 0.25) is 0 Å². The third-order valence-corrected chi connectivity index (χ3v) is 1.000. The van der Waals surface area contributed by atoms with Crippen LogP contribution >= 0.6 is 25.3 Å². The molecule has 0 spiro atoms. The predicted molar refractivity (Wildman–Crippen MR) is 92.9 cm³/mol. The summed E-state index contributed by atoms with van der Waals surface area (Å²) in [4.78, 5) is 8.33. The molecule has 128 valence electrons. The second-order valence-electron chi connectivity index (χ2n) is 2.80. The fourth-order valence-corrected chi connectivity index (χ4v) is 0.500. The molecule has 0 radical (unpaired) electrons. The minimum atomic E-state index is -2.33. The molecule has 0 heterocycles. The number of carbonyl (C=O) groups excluding carboxylic acids is 1. The monoisotopic (exact) mass is 596 g/mol. The van der Waals surface area contributed by atoms with Crippen LogP contribution in [-0.4, -0.2) is 43.8 Å². The van der Waals surface area contributed by atoms with Crippen molar-refractivity contribution in [2.24, 2.45) is 0 Å². The van der Waals surface area contributed by atoms with E-state index in [2.05, 4.69) is 63.6 Å². The average molecular weight is 596 g/mol. The predicted octanol–water partition coefficient (Wildman–Crippen LogP) is -5.34. The van der Waals surface area contributed by atoms with Crippen molar-refractivity contribution < 1.29 is 153 Å². The molecule has 0 saturated carbocycles. The van der Waals surface area contributed by atoms with Crippen molar-refractivity contribution in [2.75, 3.05) is 37.7 Å². The Balaban J connectivity index is -0.0000000254. The van der Waals surface area contributed by atoms with Crippen LogP contribution in [0.3, 0.4) is 0 Å². The van der Waals surface area contributed by atoms with E-state index in [0.717, 1.165) is 37.7 Å². The Kier molecular flexibility index (Phi) is 131. The van der Waals surface area contributed by atoms with E-state index in [-0.39, 0.29) is 138 Å². The summed E-state index contributed by atoms with van der Waals surface area (Å²) in [6.45, 7) is 16.8. The Morgan fingerprint density at radius 1 is 0.727 bits per heavy atom. The fraction of sp³-hybridized carbons (Fsp3) is 0.923. The zero-order valence-corrected chi connectivity index (χ0v) is 30.2. The normalized spacial score (nSPS) is 6.55. The molecule has 0 rings (SSSR count). The van der Waals surface area contributed by atoms with Crippen LogP contribution < -0.4 is 159 Å². The summed E-state index contributed by atoms with van der Waals surface area (Å²) in [6, 6.07) is 0. The van der Waals surface area contributed by atoms with E-state index in [1.165, 1.54) is 0 Å². The quantitative estimate of drug-likeness (QED) is 0.244. The molecule has 2 N–H and O–H groups in total. The Labute approximate surface area is 267 Å². The summed E-state index contributed by atoms with van der Waals surface area (Å²) in [7, 11) is 0. The van der Waals surface area contributed by atoms with Crippen molar-refractivity contribution in [3.8, 4) is 0 Å². The Morgan fingerprint density at radius 2 is 0.818 bits per heavy atom. The van der Waals surface area contributed by atoms with Gasteiger partial charge in [0, 0.05) is 0 Å². The van der Waals surface area contributed by atoms with E-state index in [1.807, 2.05) is 13.8 Å². The van der Waals surface area contributed by atoms with Gasteiger partial charge in [-0.2, -0.15) is 25.3 Å². The molecule has 22 heavy (non-hydrogen) atoms. The Hall–Kier alpha value is 3.99. The molecular formula is C13H34Cs2N2O3S2. The average Bonchev–Trinajstić information content (AvgIpc) is 2.33. The maximum Gasteiger partial charge on any atom is 1.00 e. The number of rotatable bonds is 4. The molecule has 0 fully saturated rings. The van der Waals surface area contributed by atoms with Gasteiger partial charge in [-0.05, 0) is 43.8 Å². The minimum absolute atomic E-state index is 0. The second-order valence-corrected chi connectivity index (χ2v) is 4.06. The van der Waals surface area contributed by atoms with Crippen molar-refractivity contribution in [2.45, 2.75) is 41.5 Å². The largest absolute Gasteiger partial charge is 1.00 e. The zero-order valence-electron chi connectivity index (χ0n) is 15.9. The van der Waals surface area contributed by atoms with Gasteiger partial charge in [-0.3, -0.25) is 0 Å². The van der Waals surface area contributed by atoms with Crippen LogP contribution in [0, 0.1) is 0 Å². The van der Waals surface area contributed by atoms with Crippen LogP contribution in [0.1, 0.15) is 41.5 Å². The first-order valence-corrected chi connectivity index (χ1v) is 8.17. The van der Waals surface area contributed by atoms with Gasteiger partial charge in [-0.15, -0.1) is 0 Å². The molecule has 5 nitrogen and oxygen atoms in total. The first-order chi connectivity index (χ1) is 9.39. The molecule has 0 aliphatic heterocycles. The molecule has 0 bridgehead atoms. The number of hydrogen-bond donors (Lipinski definition) is 4. The van der Waals surface area contributed by atoms with Gasteiger partial charge in [0.1, 0.15) is 0 Å². The number of carboxylic acid groups (broad SMARTS) is 2. The summed E-state index contributed by atoms with van der Waals surface area (Å²) in [6.07, 6.45) is -2.33. The first-order valence-electron chi connectivity index (χ1n) is 6.90. The van der Waals surface area contributed by atoms with Gasteiger partial charge >= 0.3 is 138 Å². The van der Waals surface area contributed by atoms with Crippen molar-refractivity contribution in [3.63, 3.8) is 0 Å². The first kappa shape index (κ1) is 45.0. The van der Waals surface area contributed by atoms with Crippen molar-refractivity contribution >= 4 is 31.4 Å². The van der Waals surface area contributed by atoms with Crippen LogP contribution in [0.15, 0.2) is 0 Å². The number of carbonyl (C=O) groups is 1. The summed E-state index contributed by atoms with van der Waals surface area (Å²) in [5.74, 6) is 1.89. The maximum absolute atomic E-state index is 8.33. The number of thiol groups is 2. The Bertz CT molecular complexity index is 126. The van der Waals surface area contributed by atoms with Crippen molar-refractivity contribution in [3.05, 3.63) is 0 Å². The molecule has 0 atom stereocenters. The maximum atomic E-state index is 8.33. The number of nitrogens with one attached hydrogen (secondary N) is 2. The van der Waals surface area contributed by atoms with Crippen LogP contribution in [0.2, 0.25) is 0 Å². The molecule has 0 saturated heterocycles. The molecule has 0 aromatic carbocycles. The van der Waals surface area contributed by atoms with Gasteiger partial charge in [0.05, 0.1) is 0 Å². The van der Waals surface area contributed by atoms with E-state index in [4.69, 9.17) is 15.0 Å². The van der Waals surface area contributed by atoms with E-state index >= 15 is 0 Å². The van der Waals surface area contributed by atoms with Gasteiger partial charge in [0.25, 0.3) is 0 Å². The van der Waals surface area contributed by atoms with Crippen LogP contribution in [0.4, 0.5) is 4.79 Å². The SMILES string of the molecule is CCNCC.CCNCC.CCS.CCS.O=C([O-])[O-].[Cs+].[Cs+]. The minimum Gasteiger partial charge on any atom is -0.652 e. The fourth-order valence-electron chi connectivity index (χ4n) is 0.500. The summed E-state index contributed by atoms with van der Waals surface area (Å²) in [5.41, 5.74) is 0. The molecule has 0 aliphatic rings. The van der Waals surface area contributed by atoms with Crippen LogP contribution in [0.5, 0.6) is 0 Å². The van der Waals surface area contributed by atoms with Gasteiger partial charge in [-0.25, -0.2) is 0 Å². The van der Waals surface area contributed by atoms with Crippen molar-refractivity contribution in [1.82, 2.24) is 10.6 Å². The van der Waals surface area contributed by atoms with Crippen molar-refractivity contribution in [1.29, 1.82) is 0 Å². The third-order valence-electron chi connectivity index (χ3n) is 1.000. The molecule has 0 unspecified atom stereocenters.